The van der Waals surface area contributed by atoms with E-state index in [1.807, 2.05) is 0 Å². The highest BCUT2D eigenvalue weighted by Gasteiger charge is 2.17. The number of hydrogen-bond acceptors (Lipinski definition) is 8. The molecule has 4 rings (SSSR count). The van der Waals surface area contributed by atoms with Crippen LogP contribution in [0.25, 0.3) is 21.3 Å². The molecule has 0 saturated heterocycles. The third-order valence-electron chi connectivity index (χ3n) is 3.85. The van der Waals surface area contributed by atoms with E-state index in [1.165, 1.54) is 11.3 Å². The van der Waals surface area contributed by atoms with Crippen molar-refractivity contribution in [2.45, 2.75) is 13.0 Å². The van der Waals surface area contributed by atoms with Gasteiger partial charge >= 0.3 is 0 Å². The summed E-state index contributed by atoms with van der Waals surface area (Å²) in [6.45, 7) is -0.0885. The van der Waals surface area contributed by atoms with E-state index >= 15 is 0 Å². The average molecular weight is 422 g/mol. The maximum absolute atomic E-state index is 14.9. The number of fused-ring (bicyclic) bond motifs is 1. The minimum absolute atomic E-state index is 0.0885. The molecule has 0 atom stereocenters. The Kier molecular flexibility index (Phi) is 4.69. The molecule has 0 aliphatic rings. The lowest BCUT2D eigenvalue weighted by Crippen LogP contribution is -2.21. The highest BCUT2D eigenvalue weighted by molar-refractivity contribution is 7.88. The maximum Gasteiger partial charge on any atom is 0.231 e. The number of sulfonamides is 1. The average Bonchev–Trinajstić information content (AvgIpc) is 3.33. The zero-order valence-electron chi connectivity index (χ0n) is 14.9. The second kappa shape index (κ2) is 7.04. The van der Waals surface area contributed by atoms with Crippen molar-refractivity contribution < 1.29 is 17.2 Å². The fraction of sp³-hybridized carbons (Fsp3) is 0.250. The highest BCUT2D eigenvalue weighted by atomic mass is 32.2. The predicted molar refractivity (Wildman–Crippen MR) is 101 cm³/mol. The second-order valence-electron chi connectivity index (χ2n) is 6.15. The van der Waals surface area contributed by atoms with Gasteiger partial charge in [-0.25, -0.2) is 22.5 Å². The lowest BCUT2D eigenvalue weighted by Gasteiger charge is -1.99. The van der Waals surface area contributed by atoms with Gasteiger partial charge in [-0.2, -0.15) is 5.10 Å². The first-order valence-electron chi connectivity index (χ1n) is 8.11. The van der Waals surface area contributed by atoms with Crippen molar-refractivity contribution >= 4 is 31.6 Å². The predicted octanol–water partition coefficient (Wildman–Crippen LogP) is 1.86. The molecule has 0 spiro atoms. The van der Waals surface area contributed by atoms with Crippen molar-refractivity contribution in [2.75, 3.05) is 6.26 Å². The topological polar surface area (TPSA) is 116 Å². The van der Waals surface area contributed by atoms with Crippen LogP contribution in [0.1, 0.15) is 16.8 Å². The molecule has 0 saturated carbocycles. The number of halogens is 1. The number of rotatable bonds is 6. The van der Waals surface area contributed by atoms with Gasteiger partial charge in [0.25, 0.3) is 0 Å². The molecule has 0 radical (unpaired) electrons. The minimum Gasteiger partial charge on any atom is -0.423 e. The molecule has 1 aromatic carbocycles. The molecule has 146 valence electrons. The summed E-state index contributed by atoms with van der Waals surface area (Å²) in [6.07, 6.45) is 4.62. The Morgan fingerprint density at radius 3 is 2.79 bits per heavy atom. The van der Waals surface area contributed by atoms with E-state index in [4.69, 9.17) is 4.42 Å². The quantitative estimate of drug-likeness (QED) is 0.504. The van der Waals surface area contributed by atoms with Gasteiger partial charge in [-0.3, -0.25) is 4.68 Å². The fourth-order valence-corrected chi connectivity index (χ4v) is 4.00. The number of hydrogen-bond donors (Lipinski definition) is 1. The van der Waals surface area contributed by atoms with Gasteiger partial charge in [0, 0.05) is 24.4 Å². The first-order chi connectivity index (χ1) is 13.3. The summed E-state index contributed by atoms with van der Waals surface area (Å²) in [4.78, 5) is 4.42. The normalized spacial score (nSPS) is 12.1. The first-order valence-corrected chi connectivity index (χ1v) is 10.8. The number of aromatic nitrogens is 5. The zero-order valence-corrected chi connectivity index (χ0v) is 16.5. The van der Waals surface area contributed by atoms with E-state index in [0.717, 1.165) is 6.26 Å². The van der Waals surface area contributed by atoms with Crippen LogP contribution in [0.2, 0.25) is 0 Å². The minimum atomic E-state index is -3.36. The van der Waals surface area contributed by atoms with Crippen LogP contribution in [0.4, 0.5) is 4.39 Å². The molecule has 4 aromatic rings. The van der Waals surface area contributed by atoms with Gasteiger partial charge < -0.3 is 4.42 Å². The van der Waals surface area contributed by atoms with E-state index in [0.29, 0.717) is 26.4 Å². The summed E-state index contributed by atoms with van der Waals surface area (Å²) in [6, 6.07) is 3.44. The molecule has 1 N–H and O–H groups in total. The van der Waals surface area contributed by atoms with Crippen LogP contribution in [-0.4, -0.2) is 39.6 Å². The third kappa shape index (κ3) is 3.93. The molecule has 28 heavy (non-hydrogen) atoms. The number of aryl methyl sites for hydroxylation is 1. The molecular weight excluding hydrogens is 407 g/mol. The lowest BCUT2D eigenvalue weighted by molar-refractivity contribution is 0.451. The summed E-state index contributed by atoms with van der Waals surface area (Å²) in [5, 5.41) is 12.4. The van der Waals surface area contributed by atoms with E-state index in [2.05, 4.69) is 25.0 Å². The number of benzene rings is 1. The van der Waals surface area contributed by atoms with Crippen molar-refractivity contribution in [1.82, 2.24) is 29.7 Å². The molecule has 0 aliphatic heterocycles. The van der Waals surface area contributed by atoms with Crippen molar-refractivity contribution in [3.8, 4) is 11.1 Å². The molecule has 12 heteroatoms. The number of thiazole rings is 1. The van der Waals surface area contributed by atoms with Crippen LogP contribution in [0.5, 0.6) is 0 Å². The Balaban J connectivity index is 1.57. The molecule has 9 nitrogen and oxygen atoms in total. The Morgan fingerprint density at radius 1 is 1.29 bits per heavy atom. The van der Waals surface area contributed by atoms with Crippen molar-refractivity contribution in [3.05, 3.63) is 47.1 Å². The van der Waals surface area contributed by atoms with E-state index in [9.17, 15) is 12.8 Å². The molecule has 0 amide bonds. The highest BCUT2D eigenvalue weighted by Crippen LogP contribution is 2.32. The SMILES string of the molecule is Cn1cc(-c2ccc3nc(Cc4nnc(CNS(C)(=O)=O)o4)sc3c2F)cn1. The Hall–Kier alpha value is -2.70. The van der Waals surface area contributed by atoms with Crippen LogP contribution in [-0.2, 0) is 30.0 Å². The summed E-state index contributed by atoms with van der Waals surface area (Å²) < 4.78 is 46.9. The Morgan fingerprint density at radius 2 is 2.07 bits per heavy atom. The maximum atomic E-state index is 14.9. The zero-order chi connectivity index (χ0) is 19.9. The van der Waals surface area contributed by atoms with Crippen LogP contribution < -0.4 is 4.72 Å². The molecular formula is C16H15FN6O3S2. The Labute approximate surface area is 163 Å². The van der Waals surface area contributed by atoms with Crippen LogP contribution in [0.15, 0.2) is 28.9 Å². The number of nitrogens with one attached hydrogen (secondary N) is 1. The van der Waals surface area contributed by atoms with Gasteiger partial charge in [-0.15, -0.1) is 21.5 Å². The van der Waals surface area contributed by atoms with Gasteiger partial charge in [0.1, 0.15) is 5.01 Å². The molecule has 3 aromatic heterocycles. The summed E-state index contributed by atoms with van der Waals surface area (Å²) >= 11 is 1.21. The van der Waals surface area contributed by atoms with Crippen LogP contribution >= 0.6 is 11.3 Å². The summed E-state index contributed by atoms with van der Waals surface area (Å²) in [5.74, 6) is 0.0710. The number of nitrogens with zero attached hydrogens (tertiary/aromatic N) is 5. The van der Waals surface area contributed by atoms with Gasteiger partial charge in [0.05, 0.1) is 35.6 Å². The van der Waals surface area contributed by atoms with Gasteiger partial charge in [-0.1, -0.05) is 0 Å². The lowest BCUT2D eigenvalue weighted by atomic mass is 10.1. The van der Waals surface area contributed by atoms with E-state index < -0.39 is 10.0 Å². The molecule has 0 bridgehead atoms. The van der Waals surface area contributed by atoms with E-state index in [1.54, 1.807) is 36.3 Å². The summed E-state index contributed by atoms with van der Waals surface area (Å²) in [5.41, 5.74) is 1.70. The monoisotopic (exact) mass is 422 g/mol. The van der Waals surface area contributed by atoms with Gasteiger partial charge in [-0.05, 0) is 12.1 Å². The standard InChI is InChI=1S/C16H15FN6O3S2/c1-23-8-9(6-18-23)10-3-4-11-16(15(10)17)27-14(20-11)5-12-21-22-13(26-12)7-19-28(2,24)25/h3-4,6,8,19H,5,7H2,1-2H3. The van der Waals surface area contributed by atoms with Crippen LogP contribution in [0.3, 0.4) is 0 Å². The van der Waals surface area contributed by atoms with Crippen molar-refractivity contribution in [1.29, 1.82) is 0 Å². The molecule has 0 unspecified atom stereocenters. The molecule has 0 fully saturated rings. The largest absolute Gasteiger partial charge is 0.423 e. The van der Waals surface area contributed by atoms with Crippen molar-refractivity contribution in [3.63, 3.8) is 0 Å². The van der Waals surface area contributed by atoms with E-state index in [-0.39, 0.29) is 30.6 Å². The molecule has 3 heterocycles. The summed E-state index contributed by atoms with van der Waals surface area (Å²) in [7, 11) is -1.58. The molecule has 0 aliphatic carbocycles. The fourth-order valence-electron chi connectivity index (χ4n) is 2.62. The second-order valence-corrected chi connectivity index (χ2v) is 9.06. The van der Waals surface area contributed by atoms with Crippen molar-refractivity contribution in [2.24, 2.45) is 7.05 Å². The Bertz CT molecular complexity index is 1260. The third-order valence-corrected chi connectivity index (χ3v) is 5.59. The first kappa shape index (κ1) is 18.7. The van der Waals surface area contributed by atoms with Gasteiger partial charge in [0.2, 0.25) is 21.8 Å². The van der Waals surface area contributed by atoms with Gasteiger partial charge in [0.15, 0.2) is 5.82 Å². The van der Waals surface area contributed by atoms with Crippen LogP contribution in [0, 0.1) is 5.82 Å². The smallest absolute Gasteiger partial charge is 0.231 e.